The molecule has 0 saturated carbocycles. The summed E-state index contributed by atoms with van der Waals surface area (Å²) in [6, 6.07) is 10.2. The monoisotopic (exact) mass is 499 g/mol. The Morgan fingerprint density at radius 2 is 1.81 bits per heavy atom. The molecule has 3 aromatic rings. The van der Waals surface area contributed by atoms with Crippen LogP contribution in [0.1, 0.15) is 21.3 Å². The summed E-state index contributed by atoms with van der Waals surface area (Å²) in [5.41, 5.74) is 3.25. The number of thiazole rings is 2. The van der Waals surface area contributed by atoms with Gasteiger partial charge in [-0.1, -0.05) is 30.3 Å². The normalized spacial score (nSPS) is 11.1. The van der Waals surface area contributed by atoms with Crippen LogP contribution in [0.3, 0.4) is 0 Å². The topological polar surface area (TPSA) is 62.2 Å². The lowest BCUT2D eigenvalue weighted by Gasteiger charge is -2.09. The number of hydrogen-bond donors (Lipinski definition) is 2. The van der Waals surface area contributed by atoms with E-state index in [0.717, 1.165) is 32.9 Å². The van der Waals surface area contributed by atoms with Crippen molar-refractivity contribution < 1.29 is 0 Å². The molecular weight excluding hydrogens is 477 g/mol. The van der Waals surface area contributed by atoms with E-state index in [1.165, 1.54) is 4.88 Å². The number of hydrogen-bond acceptors (Lipinski definition) is 5. The van der Waals surface area contributed by atoms with E-state index in [2.05, 4.69) is 50.0 Å². The van der Waals surface area contributed by atoms with Crippen LogP contribution in [0.5, 0.6) is 0 Å². The standard InChI is InChI=1S/C18H21N5S2.HI/c1-12-13(2)25-16(22-12)10-21-18(19-3)20-9-15-11-24-17(23-15)14-7-5-4-6-8-14;/h4-8,11H,9-10H2,1-3H3,(H2,19,20,21);1H. The minimum Gasteiger partial charge on any atom is -0.351 e. The van der Waals surface area contributed by atoms with Crippen molar-refractivity contribution in [2.75, 3.05) is 7.05 Å². The molecule has 0 saturated heterocycles. The first-order valence-corrected chi connectivity index (χ1v) is 9.72. The first-order valence-electron chi connectivity index (χ1n) is 8.03. The predicted molar refractivity (Wildman–Crippen MR) is 122 cm³/mol. The van der Waals surface area contributed by atoms with Crippen molar-refractivity contribution in [1.29, 1.82) is 0 Å². The molecule has 2 heterocycles. The second kappa shape index (κ2) is 9.98. The predicted octanol–water partition coefficient (Wildman–Crippen LogP) is 4.37. The number of aliphatic imine (C=N–C) groups is 1. The van der Waals surface area contributed by atoms with E-state index in [0.29, 0.717) is 13.1 Å². The molecule has 26 heavy (non-hydrogen) atoms. The summed E-state index contributed by atoms with van der Waals surface area (Å²) in [5.74, 6) is 0.750. The second-order valence-electron chi connectivity index (χ2n) is 5.54. The molecule has 0 spiro atoms. The molecule has 0 fully saturated rings. The molecule has 0 radical (unpaired) electrons. The fourth-order valence-corrected chi connectivity index (χ4v) is 3.97. The molecule has 2 N–H and O–H groups in total. The molecule has 8 heteroatoms. The van der Waals surface area contributed by atoms with Gasteiger partial charge in [-0.2, -0.15) is 0 Å². The summed E-state index contributed by atoms with van der Waals surface area (Å²) in [6.45, 7) is 5.44. The van der Waals surface area contributed by atoms with Crippen molar-refractivity contribution in [3.8, 4) is 10.6 Å². The third-order valence-corrected chi connectivity index (χ3v) is 5.73. The number of benzene rings is 1. The van der Waals surface area contributed by atoms with Crippen LogP contribution in [0.25, 0.3) is 10.6 Å². The zero-order valence-corrected chi connectivity index (χ0v) is 18.9. The Morgan fingerprint density at radius 1 is 1.08 bits per heavy atom. The van der Waals surface area contributed by atoms with Crippen molar-refractivity contribution in [2.45, 2.75) is 26.9 Å². The van der Waals surface area contributed by atoms with Gasteiger partial charge in [0.25, 0.3) is 0 Å². The molecule has 0 aliphatic heterocycles. The molecule has 5 nitrogen and oxygen atoms in total. The zero-order valence-electron chi connectivity index (χ0n) is 14.9. The van der Waals surface area contributed by atoms with E-state index in [9.17, 15) is 0 Å². The maximum Gasteiger partial charge on any atom is 0.191 e. The highest BCUT2D eigenvalue weighted by atomic mass is 127. The first kappa shape index (κ1) is 20.8. The average molecular weight is 499 g/mol. The van der Waals surface area contributed by atoms with Crippen molar-refractivity contribution in [1.82, 2.24) is 20.6 Å². The van der Waals surface area contributed by atoms with Crippen LogP contribution in [0.4, 0.5) is 0 Å². The SMILES string of the molecule is CN=C(NCc1csc(-c2ccccc2)n1)NCc1nc(C)c(C)s1.I. The van der Waals surface area contributed by atoms with Gasteiger partial charge in [-0.05, 0) is 13.8 Å². The summed E-state index contributed by atoms with van der Waals surface area (Å²) in [4.78, 5) is 14.7. The number of halogens is 1. The van der Waals surface area contributed by atoms with E-state index in [1.807, 2.05) is 25.1 Å². The van der Waals surface area contributed by atoms with E-state index < -0.39 is 0 Å². The van der Waals surface area contributed by atoms with E-state index >= 15 is 0 Å². The summed E-state index contributed by atoms with van der Waals surface area (Å²) >= 11 is 3.37. The van der Waals surface area contributed by atoms with Gasteiger partial charge in [0.05, 0.1) is 24.5 Å². The van der Waals surface area contributed by atoms with Crippen molar-refractivity contribution >= 4 is 52.6 Å². The van der Waals surface area contributed by atoms with E-state index in [1.54, 1.807) is 29.7 Å². The number of aromatic nitrogens is 2. The van der Waals surface area contributed by atoms with Crippen LogP contribution >= 0.6 is 46.7 Å². The highest BCUT2D eigenvalue weighted by molar-refractivity contribution is 14.0. The molecule has 3 rings (SSSR count). The lowest BCUT2D eigenvalue weighted by atomic mass is 10.2. The van der Waals surface area contributed by atoms with Crippen molar-refractivity contribution in [3.05, 3.63) is 57.0 Å². The Balaban J connectivity index is 0.00000243. The third-order valence-electron chi connectivity index (χ3n) is 3.71. The number of guanidine groups is 1. The highest BCUT2D eigenvalue weighted by Gasteiger charge is 2.07. The van der Waals surface area contributed by atoms with Crippen molar-refractivity contribution in [2.24, 2.45) is 4.99 Å². The minimum absolute atomic E-state index is 0. The molecule has 2 aromatic heterocycles. The third kappa shape index (κ3) is 5.49. The zero-order chi connectivity index (χ0) is 17.6. The van der Waals surface area contributed by atoms with Gasteiger partial charge in [-0.3, -0.25) is 4.99 Å². The quantitative estimate of drug-likeness (QED) is 0.311. The van der Waals surface area contributed by atoms with E-state index in [4.69, 9.17) is 0 Å². The Bertz CT molecular complexity index is 838. The summed E-state index contributed by atoms with van der Waals surface area (Å²) < 4.78 is 0. The van der Waals surface area contributed by atoms with E-state index in [-0.39, 0.29) is 24.0 Å². The second-order valence-corrected chi connectivity index (χ2v) is 7.68. The Hall–Kier alpha value is -1.52. The number of nitrogens with one attached hydrogen (secondary N) is 2. The van der Waals surface area contributed by atoms with Gasteiger partial charge in [-0.25, -0.2) is 9.97 Å². The molecular formula is C18H22IN5S2. The largest absolute Gasteiger partial charge is 0.351 e. The molecule has 0 aliphatic carbocycles. The fraction of sp³-hybridized carbons (Fsp3) is 0.278. The Kier molecular flexibility index (Phi) is 7.98. The fourth-order valence-electron chi connectivity index (χ4n) is 2.27. The number of rotatable bonds is 5. The van der Waals surface area contributed by atoms with Gasteiger partial charge >= 0.3 is 0 Å². The van der Waals surface area contributed by atoms with Crippen LogP contribution in [0.2, 0.25) is 0 Å². The summed E-state index contributed by atoms with van der Waals surface area (Å²) in [7, 11) is 1.77. The van der Waals surface area contributed by atoms with Gasteiger partial charge in [0, 0.05) is 22.9 Å². The van der Waals surface area contributed by atoms with Gasteiger partial charge < -0.3 is 10.6 Å². The molecule has 138 valence electrons. The molecule has 0 atom stereocenters. The molecule has 1 aromatic carbocycles. The van der Waals surface area contributed by atoms with Gasteiger partial charge in [0.2, 0.25) is 0 Å². The Labute approximate surface area is 179 Å². The van der Waals surface area contributed by atoms with Gasteiger partial charge in [0.15, 0.2) is 5.96 Å². The molecule has 0 unspecified atom stereocenters. The molecule has 0 bridgehead atoms. The van der Waals surface area contributed by atoms with Crippen LogP contribution in [-0.2, 0) is 13.1 Å². The lowest BCUT2D eigenvalue weighted by molar-refractivity contribution is 0.794. The van der Waals surface area contributed by atoms with Crippen LogP contribution in [0.15, 0.2) is 40.7 Å². The molecule has 0 aliphatic rings. The van der Waals surface area contributed by atoms with Gasteiger partial charge in [0.1, 0.15) is 10.0 Å². The Morgan fingerprint density at radius 3 is 2.46 bits per heavy atom. The van der Waals surface area contributed by atoms with Crippen LogP contribution < -0.4 is 10.6 Å². The minimum atomic E-state index is 0. The number of aryl methyl sites for hydroxylation is 2. The van der Waals surface area contributed by atoms with Crippen molar-refractivity contribution in [3.63, 3.8) is 0 Å². The summed E-state index contributed by atoms with van der Waals surface area (Å²) in [6.07, 6.45) is 0. The average Bonchev–Trinajstić information content (AvgIpc) is 3.23. The maximum absolute atomic E-state index is 4.68. The maximum atomic E-state index is 4.68. The summed E-state index contributed by atoms with van der Waals surface area (Å²) in [5, 5.41) is 10.8. The number of nitrogens with zero attached hydrogens (tertiary/aromatic N) is 3. The first-order chi connectivity index (χ1) is 12.2. The van der Waals surface area contributed by atoms with Gasteiger partial charge in [-0.15, -0.1) is 46.7 Å². The lowest BCUT2D eigenvalue weighted by Crippen LogP contribution is -2.36. The van der Waals surface area contributed by atoms with Crippen LogP contribution in [0, 0.1) is 13.8 Å². The smallest absolute Gasteiger partial charge is 0.191 e. The highest BCUT2D eigenvalue weighted by Crippen LogP contribution is 2.23. The molecule has 0 amide bonds. The van der Waals surface area contributed by atoms with Crippen LogP contribution in [-0.4, -0.2) is 23.0 Å².